The standard InChI is InChI=1S/C62H43N5/c1-62(2)54-29-26-41(36-52(54)57-46-20-10-9-15-38(46)25-30-55(57)62)42-33-43(35-44(34-42)61-66-59(39-16-5-3-6-17-39)65-60(67-61)40-18-7-4-8-19-40)45-27-28-51(48-22-12-11-21-47(45)48)58-53-37-63-32-31-49(53)50-23-13-14-24-56(50)64-58/h3-37,61H,1-2H3,(H,65,66,67). The first-order valence-electron chi connectivity index (χ1n) is 23.0. The number of aliphatic imine (C=N–C) groups is 2. The molecule has 11 aromatic rings. The Balaban J connectivity index is 1.03. The van der Waals surface area contributed by atoms with Crippen LogP contribution in [0.5, 0.6) is 0 Å². The van der Waals surface area contributed by atoms with Gasteiger partial charge in [0.2, 0.25) is 0 Å². The van der Waals surface area contributed by atoms with Crippen molar-refractivity contribution in [2.45, 2.75) is 25.4 Å². The summed E-state index contributed by atoms with van der Waals surface area (Å²) >= 11 is 0. The van der Waals surface area contributed by atoms with E-state index in [2.05, 4.69) is 200 Å². The van der Waals surface area contributed by atoms with Crippen LogP contribution in [0, 0.1) is 0 Å². The summed E-state index contributed by atoms with van der Waals surface area (Å²) in [7, 11) is 0. The Morgan fingerprint density at radius 3 is 1.96 bits per heavy atom. The van der Waals surface area contributed by atoms with Crippen molar-refractivity contribution >= 4 is 54.9 Å². The van der Waals surface area contributed by atoms with Crippen molar-refractivity contribution in [2.75, 3.05) is 0 Å². The zero-order chi connectivity index (χ0) is 44.6. The molecule has 0 fully saturated rings. The number of nitrogens with one attached hydrogen (secondary N) is 1. The van der Waals surface area contributed by atoms with Crippen molar-refractivity contribution in [1.82, 2.24) is 15.3 Å². The molecule has 5 heteroatoms. The average Bonchev–Trinajstić information content (AvgIpc) is 3.63. The molecule has 2 aliphatic rings. The van der Waals surface area contributed by atoms with Crippen LogP contribution in [-0.4, -0.2) is 21.6 Å². The minimum atomic E-state index is -0.425. The number of hydrogen-bond donors (Lipinski definition) is 1. The molecule has 0 radical (unpaired) electrons. The third-order valence-electron chi connectivity index (χ3n) is 14.0. The maximum absolute atomic E-state index is 5.38. The Morgan fingerprint density at radius 1 is 0.463 bits per heavy atom. The van der Waals surface area contributed by atoms with Gasteiger partial charge in [-0.05, 0) is 113 Å². The van der Waals surface area contributed by atoms with Gasteiger partial charge in [0.25, 0.3) is 0 Å². The van der Waals surface area contributed by atoms with Crippen molar-refractivity contribution in [3.63, 3.8) is 0 Å². The molecule has 0 amide bonds. The molecule has 0 spiro atoms. The molecule has 2 aromatic heterocycles. The van der Waals surface area contributed by atoms with Gasteiger partial charge < -0.3 is 5.32 Å². The van der Waals surface area contributed by atoms with Crippen LogP contribution in [0.4, 0.5) is 0 Å². The zero-order valence-corrected chi connectivity index (χ0v) is 37.1. The molecule has 316 valence electrons. The van der Waals surface area contributed by atoms with Crippen molar-refractivity contribution in [1.29, 1.82) is 0 Å². The lowest BCUT2D eigenvalue weighted by atomic mass is 9.81. The fourth-order valence-electron chi connectivity index (χ4n) is 10.7. The molecular weight excluding hydrogens is 815 g/mol. The van der Waals surface area contributed by atoms with Gasteiger partial charge in [-0.25, -0.2) is 15.0 Å². The smallest absolute Gasteiger partial charge is 0.159 e. The van der Waals surface area contributed by atoms with Crippen LogP contribution in [0.3, 0.4) is 0 Å². The second-order valence-corrected chi connectivity index (χ2v) is 18.2. The fourth-order valence-corrected chi connectivity index (χ4v) is 10.7. The van der Waals surface area contributed by atoms with Crippen molar-refractivity contribution in [3.8, 4) is 44.6 Å². The van der Waals surface area contributed by atoms with Crippen molar-refractivity contribution in [2.24, 2.45) is 9.98 Å². The van der Waals surface area contributed by atoms with Crippen LogP contribution in [0.25, 0.3) is 87.9 Å². The lowest BCUT2D eigenvalue weighted by molar-refractivity contribution is 0.661. The molecule has 67 heavy (non-hydrogen) atoms. The van der Waals surface area contributed by atoms with E-state index < -0.39 is 6.17 Å². The molecular formula is C62H43N5. The van der Waals surface area contributed by atoms with E-state index >= 15 is 0 Å². The van der Waals surface area contributed by atoms with Gasteiger partial charge in [0.05, 0.1) is 11.2 Å². The van der Waals surface area contributed by atoms with Gasteiger partial charge in [-0.15, -0.1) is 0 Å². The first-order chi connectivity index (χ1) is 33.0. The fraction of sp³-hybridized carbons (Fsp3) is 0.0645. The van der Waals surface area contributed by atoms with Crippen LogP contribution in [0.2, 0.25) is 0 Å². The highest BCUT2D eigenvalue weighted by Gasteiger charge is 2.36. The average molecular weight is 858 g/mol. The first kappa shape index (κ1) is 38.9. The number of fused-ring (bicyclic) bond motifs is 9. The molecule has 9 aromatic carbocycles. The van der Waals surface area contributed by atoms with Gasteiger partial charge >= 0.3 is 0 Å². The molecule has 1 atom stereocenters. The molecule has 1 unspecified atom stereocenters. The SMILES string of the molecule is CC1(C)c2ccc(-c3cc(-c4ccc(-c5nc6ccccc6c6ccncc56)c5ccccc45)cc(C4N=C(c5ccccc5)N=C(c5ccccc5)N4)c3)cc2-c2c1ccc1ccccc21. The lowest BCUT2D eigenvalue weighted by Crippen LogP contribution is -2.33. The first-order valence-corrected chi connectivity index (χ1v) is 23.0. The van der Waals surface area contributed by atoms with Crippen molar-refractivity contribution < 1.29 is 0 Å². The minimum Gasteiger partial charge on any atom is -0.344 e. The van der Waals surface area contributed by atoms with Crippen LogP contribution in [0.1, 0.15) is 47.8 Å². The summed E-state index contributed by atoms with van der Waals surface area (Å²) in [5.74, 6) is 1.48. The van der Waals surface area contributed by atoms with E-state index in [1.807, 2.05) is 36.7 Å². The van der Waals surface area contributed by atoms with Gasteiger partial charge in [-0.2, -0.15) is 0 Å². The molecule has 5 nitrogen and oxygen atoms in total. The Bertz CT molecular complexity index is 3870. The Morgan fingerprint density at radius 2 is 1.13 bits per heavy atom. The number of benzene rings is 9. The second-order valence-electron chi connectivity index (χ2n) is 18.2. The third kappa shape index (κ3) is 6.38. The molecule has 13 rings (SSSR count). The summed E-state index contributed by atoms with van der Waals surface area (Å²) < 4.78 is 0. The maximum atomic E-state index is 5.38. The van der Waals surface area contributed by atoms with E-state index in [9.17, 15) is 0 Å². The number of hydrogen-bond acceptors (Lipinski definition) is 5. The third-order valence-corrected chi connectivity index (χ3v) is 14.0. The van der Waals surface area contributed by atoms with Gasteiger partial charge in [-0.3, -0.25) is 4.98 Å². The monoisotopic (exact) mass is 857 g/mol. The van der Waals surface area contributed by atoms with Gasteiger partial charge in [0.1, 0.15) is 12.0 Å². The maximum Gasteiger partial charge on any atom is 0.159 e. The summed E-state index contributed by atoms with van der Waals surface area (Å²) in [5.41, 5.74) is 15.7. The number of nitrogens with zero attached hydrogens (tertiary/aromatic N) is 4. The van der Waals surface area contributed by atoms with Gasteiger partial charge in [-0.1, -0.05) is 178 Å². The highest BCUT2D eigenvalue weighted by molar-refractivity contribution is 6.15. The number of amidine groups is 2. The quantitative estimate of drug-likeness (QED) is 0.169. The summed E-state index contributed by atoms with van der Waals surface area (Å²) in [5, 5.41) is 11.9. The van der Waals surface area contributed by atoms with E-state index in [4.69, 9.17) is 15.0 Å². The lowest BCUT2D eigenvalue weighted by Gasteiger charge is -2.25. The molecule has 0 bridgehead atoms. The zero-order valence-electron chi connectivity index (χ0n) is 37.1. The number of aromatic nitrogens is 2. The molecule has 0 saturated carbocycles. The van der Waals surface area contributed by atoms with Crippen LogP contribution in [0.15, 0.2) is 223 Å². The predicted molar refractivity (Wildman–Crippen MR) is 278 cm³/mol. The van der Waals surface area contributed by atoms with Gasteiger partial charge in [0, 0.05) is 45.3 Å². The number of rotatable bonds is 6. The summed E-state index contributed by atoms with van der Waals surface area (Å²) in [6.07, 6.45) is 3.40. The summed E-state index contributed by atoms with van der Waals surface area (Å²) in [4.78, 5) is 20.4. The van der Waals surface area contributed by atoms with E-state index in [1.165, 1.54) is 33.0 Å². The van der Waals surface area contributed by atoms with Crippen LogP contribution < -0.4 is 5.32 Å². The highest BCUT2D eigenvalue weighted by Crippen LogP contribution is 2.52. The second kappa shape index (κ2) is 15.3. The van der Waals surface area contributed by atoms with Crippen LogP contribution >= 0.6 is 0 Å². The van der Waals surface area contributed by atoms with E-state index in [0.29, 0.717) is 5.84 Å². The summed E-state index contributed by atoms with van der Waals surface area (Å²) in [6.45, 7) is 4.71. The molecule has 1 aliphatic carbocycles. The Labute approximate surface area is 388 Å². The molecule has 0 saturated heterocycles. The van der Waals surface area contributed by atoms with E-state index in [1.54, 1.807) is 0 Å². The topological polar surface area (TPSA) is 62.5 Å². The van der Waals surface area contributed by atoms with Crippen LogP contribution in [-0.2, 0) is 5.41 Å². The largest absolute Gasteiger partial charge is 0.344 e. The van der Waals surface area contributed by atoms with Crippen molar-refractivity contribution in [3.05, 3.63) is 240 Å². The summed E-state index contributed by atoms with van der Waals surface area (Å²) in [6, 6.07) is 71.9. The number of pyridine rings is 2. The molecule has 1 N–H and O–H groups in total. The highest BCUT2D eigenvalue weighted by atomic mass is 15.2. The van der Waals surface area contributed by atoms with Gasteiger partial charge in [0.15, 0.2) is 5.84 Å². The van der Waals surface area contributed by atoms with E-state index in [-0.39, 0.29) is 5.41 Å². The predicted octanol–water partition coefficient (Wildman–Crippen LogP) is 14.9. The number of para-hydroxylation sites is 1. The van der Waals surface area contributed by atoms with E-state index in [0.717, 1.165) is 88.5 Å². The minimum absolute atomic E-state index is 0.135. The Kier molecular flexibility index (Phi) is 8.87. The molecule has 3 heterocycles. The molecule has 1 aliphatic heterocycles. The normalized spacial score (nSPS) is 15.0. The Hall–Kier alpha value is -8.54.